The van der Waals surface area contributed by atoms with Crippen LogP contribution in [0.15, 0.2) is 12.1 Å². The Hall–Kier alpha value is -2.16. The van der Waals surface area contributed by atoms with E-state index in [1.54, 1.807) is 6.92 Å². The summed E-state index contributed by atoms with van der Waals surface area (Å²) in [5.74, 6) is -1.45. The van der Waals surface area contributed by atoms with Gasteiger partial charge >= 0.3 is 17.6 Å². The van der Waals surface area contributed by atoms with Gasteiger partial charge in [-0.3, -0.25) is 0 Å². The molecule has 0 spiro atoms. The van der Waals surface area contributed by atoms with Gasteiger partial charge in [-0.2, -0.15) is 4.73 Å². The van der Waals surface area contributed by atoms with E-state index in [0.717, 1.165) is 6.42 Å². The second-order valence-corrected chi connectivity index (χ2v) is 6.60. The second kappa shape index (κ2) is 8.24. The lowest BCUT2D eigenvalue weighted by molar-refractivity contribution is -0.581. The van der Waals surface area contributed by atoms with Crippen LogP contribution < -0.4 is 4.73 Å². The van der Waals surface area contributed by atoms with Crippen molar-refractivity contribution in [2.75, 3.05) is 13.2 Å². The molecule has 2 aromatic rings. The summed E-state index contributed by atoms with van der Waals surface area (Å²) in [5, 5.41) is 13.1. The summed E-state index contributed by atoms with van der Waals surface area (Å²) < 4.78 is 15.7. The molecular formula is C17H16Cl2N2O6. The van der Waals surface area contributed by atoms with Crippen molar-refractivity contribution in [3.63, 3.8) is 0 Å². The molecule has 1 aliphatic heterocycles. The Kier molecular flexibility index (Phi) is 5.98. The summed E-state index contributed by atoms with van der Waals surface area (Å²) in [4.78, 5) is 28.6. The van der Waals surface area contributed by atoms with E-state index in [9.17, 15) is 14.8 Å². The minimum absolute atomic E-state index is 0.0410. The Labute approximate surface area is 164 Å². The lowest BCUT2D eigenvalue weighted by atomic mass is 10.2. The van der Waals surface area contributed by atoms with Crippen LogP contribution >= 0.6 is 23.2 Å². The number of benzene rings is 1. The van der Waals surface area contributed by atoms with Crippen LogP contribution in [0.5, 0.6) is 0 Å². The molecule has 1 unspecified atom stereocenters. The number of esters is 2. The largest absolute Gasteiger partial charge is 0.618 e. The molecular weight excluding hydrogens is 399 g/mol. The van der Waals surface area contributed by atoms with Crippen molar-refractivity contribution in [3.8, 4) is 0 Å². The van der Waals surface area contributed by atoms with Gasteiger partial charge in [-0.15, -0.1) is 0 Å². The number of nitrogens with zero attached hydrogens (tertiary/aromatic N) is 2. The van der Waals surface area contributed by atoms with E-state index >= 15 is 0 Å². The molecule has 0 bridgehead atoms. The third kappa shape index (κ3) is 4.07. The van der Waals surface area contributed by atoms with Crippen LogP contribution in [-0.4, -0.2) is 36.2 Å². The van der Waals surface area contributed by atoms with Gasteiger partial charge in [-0.1, -0.05) is 23.2 Å². The standard InChI is InChI=1S/C17H16Cl2N2O6/c1-2-25-17(23)15-12(8-27-16(22)14-4-3-5-26-14)20-11-6-9(18)10(19)7-13(11)21(15)24/h6-7,14H,2-5,8H2,1H3. The predicted octanol–water partition coefficient (Wildman–Crippen LogP) is 2.57. The highest BCUT2D eigenvalue weighted by atomic mass is 35.5. The summed E-state index contributed by atoms with van der Waals surface area (Å²) in [5.41, 5.74) is -0.166. The number of fused-ring (bicyclic) bond motifs is 1. The molecule has 144 valence electrons. The van der Waals surface area contributed by atoms with Gasteiger partial charge in [0.25, 0.3) is 0 Å². The maximum Gasteiger partial charge on any atom is 0.407 e. The number of carbonyl (C=O) groups excluding carboxylic acids is 2. The van der Waals surface area contributed by atoms with Gasteiger partial charge in [-0.05, 0) is 25.8 Å². The smallest absolute Gasteiger partial charge is 0.407 e. The highest BCUT2D eigenvalue weighted by molar-refractivity contribution is 6.42. The van der Waals surface area contributed by atoms with E-state index in [1.165, 1.54) is 12.1 Å². The number of ether oxygens (including phenoxy) is 3. The van der Waals surface area contributed by atoms with Crippen LogP contribution in [0.25, 0.3) is 11.0 Å². The van der Waals surface area contributed by atoms with Crippen LogP contribution in [0.1, 0.15) is 35.9 Å². The minimum Gasteiger partial charge on any atom is -0.618 e. The monoisotopic (exact) mass is 414 g/mol. The molecule has 1 fully saturated rings. The van der Waals surface area contributed by atoms with Crippen molar-refractivity contribution in [1.82, 2.24) is 4.98 Å². The first-order valence-electron chi connectivity index (χ1n) is 8.29. The van der Waals surface area contributed by atoms with Crippen molar-refractivity contribution in [2.24, 2.45) is 0 Å². The molecule has 0 radical (unpaired) electrons. The van der Waals surface area contributed by atoms with Crippen molar-refractivity contribution in [3.05, 3.63) is 38.8 Å². The molecule has 0 saturated carbocycles. The van der Waals surface area contributed by atoms with Crippen molar-refractivity contribution < 1.29 is 28.5 Å². The van der Waals surface area contributed by atoms with Gasteiger partial charge in [0.05, 0.1) is 16.7 Å². The summed E-state index contributed by atoms with van der Waals surface area (Å²) in [7, 11) is 0. The van der Waals surface area contributed by atoms with E-state index in [-0.39, 0.29) is 45.7 Å². The maximum atomic E-state index is 12.7. The Morgan fingerprint density at radius 2 is 2.07 bits per heavy atom. The highest BCUT2D eigenvalue weighted by Gasteiger charge is 2.30. The van der Waals surface area contributed by atoms with Crippen molar-refractivity contribution in [1.29, 1.82) is 0 Å². The van der Waals surface area contributed by atoms with Gasteiger partial charge in [0.1, 0.15) is 12.1 Å². The van der Waals surface area contributed by atoms with Crippen LogP contribution in [0, 0.1) is 5.21 Å². The number of aromatic nitrogens is 2. The third-order valence-electron chi connectivity index (χ3n) is 3.98. The van der Waals surface area contributed by atoms with Crippen LogP contribution in [-0.2, 0) is 25.6 Å². The number of carbonyl (C=O) groups is 2. The quantitative estimate of drug-likeness (QED) is 0.420. The summed E-state index contributed by atoms with van der Waals surface area (Å²) in [6, 6.07) is 2.71. The molecule has 1 aromatic carbocycles. The highest BCUT2D eigenvalue weighted by Crippen LogP contribution is 2.26. The molecule has 3 rings (SSSR count). The maximum absolute atomic E-state index is 12.7. The summed E-state index contributed by atoms with van der Waals surface area (Å²) in [6.07, 6.45) is 0.677. The molecule has 0 amide bonds. The minimum atomic E-state index is -0.879. The molecule has 1 aromatic heterocycles. The number of hydrogen-bond donors (Lipinski definition) is 0. The zero-order valence-electron chi connectivity index (χ0n) is 14.4. The second-order valence-electron chi connectivity index (χ2n) is 5.79. The zero-order valence-corrected chi connectivity index (χ0v) is 15.9. The lowest BCUT2D eigenvalue weighted by Crippen LogP contribution is -2.39. The fourth-order valence-electron chi connectivity index (χ4n) is 2.71. The first-order valence-corrected chi connectivity index (χ1v) is 9.04. The number of halogens is 2. The average molecular weight is 415 g/mol. The number of hydrogen-bond acceptors (Lipinski definition) is 7. The number of rotatable bonds is 5. The van der Waals surface area contributed by atoms with Crippen molar-refractivity contribution >= 4 is 46.2 Å². The van der Waals surface area contributed by atoms with E-state index in [4.69, 9.17) is 37.4 Å². The first kappa shape index (κ1) is 19.6. The zero-order chi connectivity index (χ0) is 19.6. The Morgan fingerprint density at radius 1 is 1.33 bits per heavy atom. The van der Waals surface area contributed by atoms with Gasteiger partial charge in [-0.25, -0.2) is 14.6 Å². The van der Waals surface area contributed by atoms with Gasteiger partial charge in [0.2, 0.25) is 5.52 Å². The topological polar surface area (TPSA) is 102 Å². The Balaban J connectivity index is 2.00. The predicted molar refractivity (Wildman–Crippen MR) is 95.4 cm³/mol. The molecule has 1 aliphatic rings. The van der Waals surface area contributed by atoms with E-state index in [1.807, 2.05) is 0 Å². The molecule has 1 atom stereocenters. The molecule has 10 heteroatoms. The summed E-state index contributed by atoms with van der Waals surface area (Å²) >= 11 is 11.9. The lowest BCUT2D eigenvalue weighted by Gasteiger charge is -2.13. The van der Waals surface area contributed by atoms with Gasteiger partial charge in [0, 0.05) is 12.7 Å². The van der Waals surface area contributed by atoms with Crippen molar-refractivity contribution in [2.45, 2.75) is 32.5 Å². The molecule has 0 N–H and O–H groups in total. The molecule has 1 saturated heterocycles. The summed E-state index contributed by atoms with van der Waals surface area (Å²) in [6.45, 7) is 1.77. The molecule has 0 aliphatic carbocycles. The Morgan fingerprint density at radius 3 is 2.74 bits per heavy atom. The van der Waals surface area contributed by atoms with E-state index < -0.39 is 18.0 Å². The van der Waals surface area contributed by atoms with Crippen LogP contribution in [0.3, 0.4) is 0 Å². The Bertz CT molecular complexity index is 899. The van der Waals surface area contributed by atoms with Crippen LogP contribution in [0.4, 0.5) is 0 Å². The molecule has 2 heterocycles. The average Bonchev–Trinajstić information content (AvgIpc) is 3.16. The third-order valence-corrected chi connectivity index (χ3v) is 4.70. The van der Waals surface area contributed by atoms with Crippen LogP contribution in [0.2, 0.25) is 10.0 Å². The first-order chi connectivity index (χ1) is 12.9. The molecule has 27 heavy (non-hydrogen) atoms. The van der Waals surface area contributed by atoms with E-state index in [2.05, 4.69) is 4.98 Å². The van der Waals surface area contributed by atoms with Gasteiger partial charge in [0.15, 0.2) is 11.8 Å². The fraction of sp³-hybridized carbons (Fsp3) is 0.412. The fourth-order valence-corrected chi connectivity index (χ4v) is 3.03. The van der Waals surface area contributed by atoms with E-state index in [0.29, 0.717) is 17.8 Å². The van der Waals surface area contributed by atoms with Gasteiger partial charge < -0.3 is 19.4 Å². The normalized spacial score (nSPS) is 16.5. The SMILES string of the molecule is CCOC(=O)c1c(COC(=O)C2CCCO2)nc2cc(Cl)c(Cl)cc2[n+]1[O-]. The molecule has 8 nitrogen and oxygen atoms in total.